The maximum atomic E-state index is 10.9. The van der Waals surface area contributed by atoms with Crippen LogP contribution in [0.15, 0.2) is 0 Å². The molecule has 5 nitrogen and oxygen atoms in total. The van der Waals surface area contributed by atoms with Gasteiger partial charge in [-0.05, 0) is 13.3 Å². The molecule has 13 heavy (non-hydrogen) atoms. The van der Waals surface area contributed by atoms with Crippen molar-refractivity contribution in [2.75, 3.05) is 18.6 Å². The van der Waals surface area contributed by atoms with E-state index in [9.17, 15) is 13.2 Å². The van der Waals surface area contributed by atoms with Crippen LogP contribution in [-0.2, 0) is 19.4 Å². The Morgan fingerprint density at radius 3 is 2.46 bits per heavy atom. The smallest absolute Gasteiger partial charge is 0.322 e. The minimum atomic E-state index is -3.06. The lowest BCUT2D eigenvalue weighted by Crippen LogP contribution is -2.34. The van der Waals surface area contributed by atoms with Crippen molar-refractivity contribution in [1.29, 1.82) is 0 Å². The molecular weight excluding hydrogens is 194 g/mol. The van der Waals surface area contributed by atoms with E-state index in [-0.39, 0.29) is 18.8 Å². The van der Waals surface area contributed by atoms with E-state index >= 15 is 0 Å². The van der Waals surface area contributed by atoms with Crippen molar-refractivity contribution in [2.45, 2.75) is 19.4 Å². The second-order valence-corrected chi connectivity index (χ2v) is 5.04. The highest BCUT2D eigenvalue weighted by Crippen LogP contribution is 1.96. The fourth-order valence-corrected chi connectivity index (χ4v) is 1.39. The molecule has 0 aromatic heterocycles. The lowest BCUT2D eigenvalue weighted by molar-refractivity contribution is -0.144. The van der Waals surface area contributed by atoms with Crippen LogP contribution in [0.1, 0.15) is 13.3 Å². The molecule has 0 rings (SSSR count). The molecule has 0 aromatic carbocycles. The van der Waals surface area contributed by atoms with Gasteiger partial charge >= 0.3 is 5.97 Å². The van der Waals surface area contributed by atoms with Gasteiger partial charge in [-0.25, -0.2) is 8.42 Å². The van der Waals surface area contributed by atoms with Crippen LogP contribution in [0.25, 0.3) is 0 Å². The first-order valence-corrected chi connectivity index (χ1v) is 6.03. The van der Waals surface area contributed by atoms with Gasteiger partial charge in [-0.15, -0.1) is 0 Å². The summed E-state index contributed by atoms with van der Waals surface area (Å²) in [5, 5.41) is 0. The third-order valence-corrected chi connectivity index (χ3v) is 2.37. The largest absolute Gasteiger partial charge is 0.465 e. The lowest BCUT2D eigenvalue weighted by atomic mass is 10.2. The number of hydrogen-bond donors (Lipinski definition) is 1. The third kappa shape index (κ3) is 6.53. The number of sulfone groups is 1. The molecule has 0 saturated carbocycles. The van der Waals surface area contributed by atoms with E-state index in [4.69, 9.17) is 5.73 Å². The van der Waals surface area contributed by atoms with Crippen molar-refractivity contribution in [3.8, 4) is 0 Å². The van der Waals surface area contributed by atoms with Crippen LogP contribution in [0.2, 0.25) is 0 Å². The highest BCUT2D eigenvalue weighted by atomic mass is 32.2. The molecule has 0 aromatic rings. The van der Waals surface area contributed by atoms with Gasteiger partial charge in [0.2, 0.25) is 0 Å². The summed E-state index contributed by atoms with van der Waals surface area (Å²) >= 11 is 0. The van der Waals surface area contributed by atoms with Gasteiger partial charge in [-0.2, -0.15) is 0 Å². The Morgan fingerprint density at radius 2 is 2.08 bits per heavy atom. The molecule has 0 amide bonds. The molecule has 0 aliphatic carbocycles. The molecule has 0 fully saturated rings. The molecule has 0 saturated heterocycles. The quantitative estimate of drug-likeness (QED) is 0.606. The van der Waals surface area contributed by atoms with Crippen LogP contribution in [0.3, 0.4) is 0 Å². The first-order chi connectivity index (χ1) is 5.87. The van der Waals surface area contributed by atoms with E-state index in [2.05, 4.69) is 4.74 Å². The van der Waals surface area contributed by atoms with Crippen molar-refractivity contribution in [2.24, 2.45) is 5.73 Å². The van der Waals surface area contributed by atoms with Gasteiger partial charge in [0, 0.05) is 6.26 Å². The van der Waals surface area contributed by atoms with Crippen LogP contribution in [0.5, 0.6) is 0 Å². The Kier molecular flexibility index (Phi) is 4.94. The molecule has 6 heteroatoms. The van der Waals surface area contributed by atoms with Crippen LogP contribution in [-0.4, -0.2) is 39.0 Å². The molecule has 78 valence electrons. The number of carbonyl (C=O) groups is 1. The highest BCUT2D eigenvalue weighted by Gasteiger charge is 2.16. The van der Waals surface area contributed by atoms with E-state index in [1.54, 1.807) is 6.92 Å². The molecule has 0 aliphatic rings. The van der Waals surface area contributed by atoms with Gasteiger partial charge in [0.1, 0.15) is 15.9 Å². The topological polar surface area (TPSA) is 86.5 Å². The third-order valence-electron chi connectivity index (χ3n) is 1.39. The first kappa shape index (κ1) is 12.4. The number of rotatable bonds is 5. The zero-order valence-corrected chi connectivity index (χ0v) is 8.63. The van der Waals surface area contributed by atoms with Gasteiger partial charge in [0.15, 0.2) is 0 Å². The molecular formula is C7H15NO4S. The molecule has 0 radical (unpaired) electrons. The summed E-state index contributed by atoms with van der Waals surface area (Å²) in [4.78, 5) is 10.9. The molecule has 0 aliphatic heterocycles. The number of nitrogens with two attached hydrogens (primary N) is 1. The SMILES string of the molecule is CCOC(=O)C(N)CCS(C)(=O)=O. The second kappa shape index (κ2) is 5.18. The van der Waals surface area contributed by atoms with Crippen LogP contribution in [0, 0.1) is 0 Å². The normalized spacial score (nSPS) is 13.8. The average Bonchev–Trinajstić information content (AvgIpc) is 1.99. The summed E-state index contributed by atoms with van der Waals surface area (Å²) in [5.74, 6) is -0.640. The van der Waals surface area contributed by atoms with Gasteiger partial charge in [-0.1, -0.05) is 0 Å². The van der Waals surface area contributed by atoms with Gasteiger partial charge in [0.25, 0.3) is 0 Å². The molecule has 0 heterocycles. The number of ether oxygens (including phenoxy) is 1. The first-order valence-electron chi connectivity index (χ1n) is 3.96. The van der Waals surface area contributed by atoms with Crippen LogP contribution >= 0.6 is 0 Å². The Labute approximate surface area is 78.2 Å². The maximum absolute atomic E-state index is 10.9. The summed E-state index contributed by atoms with van der Waals surface area (Å²) in [6.07, 6.45) is 1.21. The fourth-order valence-electron chi connectivity index (χ4n) is 0.708. The van der Waals surface area contributed by atoms with Crippen molar-refractivity contribution in [3.05, 3.63) is 0 Å². The predicted octanol–water partition coefficient (Wildman–Crippen LogP) is -0.688. The second-order valence-electron chi connectivity index (χ2n) is 2.78. The van der Waals surface area contributed by atoms with Crippen molar-refractivity contribution >= 4 is 15.8 Å². The Balaban J connectivity index is 3.88. The molecule has 1 unspecified atom stereocenters. The van der Waals surface area contributed by atoms with E-state index in [0.717, 1.165) is 6.26 Å². The minimum Gasteiger partial charge on any atom is -0.465 e. The highest BCUT2D eigenvalue weighted by molar-refractivity contribution is 7.90. The van der Waals surface area contributed by atoms with Crippen molar-refractivity contribution < 1.29 is 17.9 Å². The Bertz CT molecular complexity index is 260. The van der Waals surface area contributed by atoms with E-state index in [0.29, 0.717) is 0 Å². The van der Waals surface area contributed by atoms with Crippen molar-refractivity contribution in [3.63, 3.8) is 0 Å². The Hall–Kier alpha value is -0.620. The lowest BCUT2D eigenvalue weighted by Gasteiger charge is -2.08. The van der Waals surface area contributed by atoms with Crippen LogP contribution in [0.4, 0.5) is 0 Å². The Morgan fingerprint density at radius 1 is 1.54 bits per heavy atom. The number of carbonyl (C=O) groups excluding carboxylic acids is 1. The van der Waals surface area contributed by atoms with Gasteiger partial charge < -0.3 is 10.5 Å². The van der Waals surface area contributed by atoms with Crippen LogP contribution < -0.4 is 5.73 Å². The van der Waals surface area contributed by atoms with Gasteiger partial charge in [0.05, 0.1) is 12.4 Å². The minimum absolute atomic E-state index is 0.0903. The van der Waals surface area contributed by atoms with Crippen molar-refractivity contribution in [1.82, 2.24) is 0 Å². The summed E-state index contributed by atoms with van der Waals surface area (Å²) in [5.41, 5.74) is 5.37. The van der Waals surface area contributed by atoms with E-state index in [1.807, 2.05) is 0 Å². The number of hydrogen-bond acceptors (Lipinski definition) is 5. The van der Waals surface area contributed by atoms with E-state index in [1.165, 1.54) is 0 Å². The monoisotopic (exact) mass is 209 g/mol. The molecule has 0 spiro atoms. The molecule has 2 N–H and O–H groups in total. The zero-order valence-electron chi connectivity index (χ0n) is 7.82. The summed E-state index contributed by atoms with van der Waals surface area (Å²) in [7, 11) is -3.06. The molecule has 0 bridgehead atoms. The average molecular weight is 209 g/mol. The molecule has 1 atom stereocenters. The standard InChI is InChI=1S/C7H15NO4S/c1-3-12-7(9)6(8)4-5-13(2,10)11/h6H,3-5,8H2,1-2H3. The number of esters is 1. The maximum Gasteiger partial charge on any atom is 0.322 e. The summed E-state index contributed by atoms with van der Waals surface area (Å²) in [6.45, 7) is 1.92. The summed E-state index contributed by atoms with van der Waals surface area (Å²) in [6, 6.07) is -0.838. The zero-order chi connectivity index (χ0) is 10.5. The fraction of sp³-hybridized carbons (Fsp3) is 0.857. The van der Waals surface area contributed by atoms with Gasteiger partial charge in [-0.3, -0.25) is 4.79 Å². The predicted molar refractivity (Wildman–Crippen MR) is 48.9 cm³/mol. The summed E-state index contributed by atoms with van der Waals surface area (Å²) < 4.78 is 26.0. The van der Waals surface area contributed by atoms with E-state index < -0.39 is 21.8 Å².